The Morgan fingerprint density at radius 1 is 1.27 bits per heavy atom. The standard InChI is InChI=1S/C22H31ClN4O2S/c1-5-27-21(16(4)29-18-11-14(2)20(23)15(3)12-18)25-26-22(27)30-13-19(28)24-17-9-7-6-8-10-17/h11-12,16-17H,5-10,13H2,1-4H3,(H,24,28). The number of nitrogens with one attached hydrogen (secondary N) is 1. The lowest BCUT2D eigenvalue weighted by atomic mass is 9.95. The molecule has 1 atom stereocenters. The van der Waals surface area contributed by atoms with Crippen LogP contribution in [0.15, 0.2) is 17.3 Å². The Morgan fingerprint density at radius 3 is 2.57 bits per heavy atom. The summed E-state index contributed by atoms with van der Waals surface area (Å²) >= 11 is 7.68. The van der Waals surface area contributed by atoms with E-state index in [9.17, 15) is 4.79 Å². The Hall–Kier alpha value is -1.73. The highest BCUT2D eigenvalue weighted by molar-refractivity contribution is 7.99. The van der Waals surface area contributed by atoms with Crippen molar-refractivity contribution < 1.29 is 9.53 Å². The van der Waals surface area contributed by atoms with Crippen LogP contribution in [0.4, 0.5) is 0 Å². The first-order chi connectivity index (χ1) is 14.4. The van der Waals surface area contributed by atoms with Crippen molar-refractivity contribution in [3.8, 4) is 5.75 Å². The number of nitrogens with zero attached hydrogens (tertiary/aromatic N) is 3. The maximum atomic E-state index is 12.3. The molecule has 0 radical (unpaired) electrons. The third kappa shape index (κ3) is 5.70. The van der Waals surface area contributed by atoms with Crippen molar-refractivity contribution in [3.63, 3.8) is 0 Å². The van der Waals surface area contributed by atoms with Crippen molar-refractivity contribution in [1.82, 2.24) is 20.1 Å². The van der Waals surface area contributed by atoms with Crippen LogP contribution in [0, 0.1) is 13.8 Å². The molecule has 6 nitrogen and oxygen atoms in total. The van der Waals surface area contributed by atoms with Crippen LogP contribution >= 0.6 is 23.4 Å². The van der Waals surface area contributed by atoms with E-state index in [1.807, 2.05) is 44.4 Å². The zero-order valence-electron chi connectivity index (χ0n) is 18.2. The molecule has 1 aliphatic carbocycles. The SMILES string of the molecule is CCn1c(SCC(=O)NC2CCCCC2)nnc1C(C)Oc1cc(C)c(Cl)c(C)c1. The maximum Gasteiger partial charge on any atom is 0.230 e. The van der Waals surface area contributed by atoms with Crippen LogP contribution in [0.25, 0.3) is 0 Å². The molecule has 1 fully saturated rings. The van der Waals surface area contributed by atoms with Crippen LogP contribution in [0.1, 0.15) is 69.0 Å². The molecule has 3 rings (SSSR count). The lowest BCUT2D eigenvalue weighted by Gasteiger charge is -2.22. The highest BCUT2D eigenvalue weighted by Gasteiger charge is 2.21. The molecule has 2 aromatic rings. The Labute approximate surface area is 188 Å². The van der Waals surface area contributed by atoms with Gasteiger partial charge in [-0.25, -0.2) is 0 Å². The minimum atomic E-state index is -0.275. The van der Waals surface area contributed by atoms with Crippen LogP contribution in [0.5, 0.6) is 5.75 Å². The van der Waals surface area contributed by atoms with E-state index in [2.05, 4.69) is 15.5 Å². The number of halogens is 1. The highest BCUT2D eigenvalue weighted by atomic mass is 35.5. The van der Waals surface area contributed by atoms with E-state index in [4.69, 9.17) is 16.3 Å². The number of ether oxygens (including phenoxy) is 1. The Balaban J connectivity index is 1.62. The first-order valence-corrected chi connectivity index (χ1v) is 12.0. The molecule has 1 aromatic carbocycles. The van der Waals surface area contributed by atoms with E-state index in [0.29, 0.717) is 18.3 Å². The first-order valence-electron chi connectivity index (χ1n) is 10.7. The predicted octanol–water partition coefficient (Wildman–Crippen LogP) is 5.25. The molecule has 8 heteroatoms. The summed E-state index contributed by atoms with van der Waals surface area (Å²) in [7, 11) is 0. The van der Waals surface area contributed by atoms with Gasteiger partial charge in [-0.2, -0.15) is 0 Å². The number of hydrogen-bond acceptors (Lipinski definition) is 5. The Bertz CT molecular complexity index is 857. The molecule has 0 aliphatic heterocycles. The van der Waals surface area contributed by atoms with E-state index >= 15 is 0 Å². The zero-order chi connectivity index (χ0) is 21.7. The van der Waals surface area contributed by atoms with Gasteiger partial charge in [-0.1, -0.05) is 42.6 Å². The molecule has 30 heavy (non-hydrogen) atoms. The summed E-state index contributed by atoms with van der Waals surface area (Å²) in [6.45, 7) is 8.65. The van der Waals surface area contributed by atoms with E-state index in [0.717, 1.165) is 45.7 Å². The van der Waals surface area contributed by atoms with Gasteiger partial charge >= 0.3 is 0 Å². The second-order valence-corrected chi connectivity index (χ2v) is 9.23. The fraction of sp³-hybridized carbons (Fsp3) is 0.591. The smallest absolute Gasteiger partial charge is 0.230 e. The number of carbonyl (C=O) groups is 1. The minimum absolute atomic E-state index is 0.0653. The third-order valence-electron chi connectivity index (χ3n) is 5.45. The largest absolute Gasteiger partial charge is 0.483 e. The number of amides is 1. The molecular formula is C22H31ClN4O2S. The molecule has 1 heterocycles. The van der Waals surface area contributed by atoms with Gasteiger partial charge in [-0.3, -0.25) is 4.79 Å². The summed E-state index contributed by atoms with van der Waals surface area (Å²) in [5.41, 5.74) is 1.96. The molecule has 1 aromatic heterocycles. The number of aryl methyl sites for hydroxylation is 2. The molecule has 0 saturated heterocycles. The monoisotopic (exact) mass is 450 g/mol. The normalized spacial score (nSPS) is 15.8. The molecule has 1 unspecified atom stereocenters. The van der Waals surface area contributed by atoms with Crippen molar-refractivity contribution in [2.75, 3.05) is 5.75 Å². The van der Waals surface area contributed by atoms with E-state index in [1.54, 1.807) is 0 Å². The van der Waals surface area contributed by atoms with Gasteiger partial charge in [0.1, 0.15) is 5.75 Å². The maximum absolute atomic E-state index is 12.3. The second kappa shape index (κ2) is 10.5. The number of thioether (sulfide) groups is 1. The van der Waals surface area contributed by atoms with Crippen molar-refractivity contribution in [2.45, 2.75) is 83.6 Å². The molecule has 0 spiro atoms. The molecular weight excluding hydrogens is 420 g/mol. The van der Waals surface area contributed by atoms with Gasteiger partial charge in [0.15, 0.2) is 17.1 Å². The molecule has 1 saturated carbocycles. The topological polar surface area (TPSA) is 69.0 Å². The lowest BCUT2D eigenvalue weighted by molar-refractivity contribution is -0.119. The summed E-state index contributed by atoms with van der Waals surface area (Å²) in [4.78, 5) is 12.3. The fourth-order valence-electron chi connectivity index (χ4n) is 3.88. The van der Waals surface area contributed by atoms with Gasteiger partial charge in [0.2, 0.25) is 5.91 Å². The molecule has 1 N–H and O–H groups in total. The highest BCUT2D eigenvalue weighted by Crippen LogP contribution is 2.29. The van der Waals surface area contributed by atoms with Gasteiger partial charge < -0.3 is 14.6 Å². The van der Waals surface area contributed by atoms with Gasteiger partial charge in [0.05, 0.1) is 5.75 Å². The molecule has 1 aliphatic rings. The zero-order valence-corrected chi connectivity index (χ0v) is 19.8. The Morgan fingerprint density at radius 2 is 1.93 bits per heavy atom. The van der Waals surface area contributed by atoms with E-state index < -0.39 is 0 Å². The van der Waals surface area contributed by atoms with Crippen LogP contribution in [0.3, 0.4) is 0 Å². The number of rotatable bonds is 8. The number of aromatic nitrogens is 3. The summed E-state index contributed by atoms with van der Waals surface area (Å²) < 4.78 is 8.14. The number of benzene rings is 1. The van der Waals surface area contributed by atoms with Crippen molar-refractivity contribution in [2.24, 2.45) is 0 Å². The summed E-state index contributed by atoms with van der Waals surface area (Å²) in [5, 5.41) is 13.3. The number of carbonyl (C=O) groups excluding carboxylic acids is 1. The van der Waals surface area contributed by atoms with Gasteiger partial charge in [-0.15, -0.1) is 10.2 Å². The fourth-order valence-corrected chi connectivity index (χ4v) is 4.81. The van der Waals surface area contributed by atoms with Crippen LogP contribution in [-0.4, -0.2) is 32.5 Å². The summed E-state index contributed by atoms with van der Waals surface area (Å²) in [6.07, 6.45) is 5.59. The summed E-state index contributed by atoms with van der Waals surface area (Å²) in [5.74, 6) is 1.92. The number of hydrogen-bond donors (Lipinski definition) is 1. The third-order valence-corrected chi connectivity index (χ3v) is 7.01. The van der Waals surface area contributed by atoms with Crippen molar-refractivity contribution in [1.29, 1.82) is 0 Å². The molecule has 1 amide bonds. The van der Waals surface area contributed by atoms with Crippen molar-refractivity contribution in [3.05, 3.63) is 34.1 Å². The molecule has 0 bridgehead atoms. The van der Waals surface area contributed by atoms with Crippen LogP contribution < -0.4 is 10.1 Å². The first kappa shape index (κ1) is 22.9. The van der Waals surface area contributed by atoms with Crippen LogP contribution in [-0.2, 0) is 11.3 Å². The summed E-state index contributed by atoms with van der Waals surface area (Å²) in [6, 6.07) is 4.19. The van der Waals surface area contributed by atoms with E-state index in [-0.39, 0.29) is 12.0 Å². The predicted molar refractivity (Wildman–Crippen MR) is 121 cm³/mol. The van der Waals surface area contributed by atoms with Crippen molar-refractivity contribution >= 4 is 29.3 Å². The average molecular weight is 451 g/mol. The lowest BCUT2D eigenvalue weighted by Crippen LogP contribution is -2.37. The van der Waals surface area contributed by atoms with E-state index in [1.165, 1.54) is 31.0 Å². The minimum Gasteiger partial charge on any atom is -0.483 e. The average Bonchev–Trinajstić information content (AvgIpc) is 3.14. The molecule has 164 valence electrons. The quantitative estimate of drug-likeness (QED) is 0.556. The second-order valence-electron chi connectivity index (χ2n) is 7.91. The van der Waals surface area contributed by atoms with Crippen LogP contribution in [0.2, 0.25) is 5.02 Å². The van der Waals surface area contributed by atoms with Gasteiger partial charge in [0.25, 0.3) is 0 Å². The Kier molecular flexibility index (Phi) is 8.06. The van der Waals surface area contributed by atoms with Gasteiger partial charge in [-0.05, 0) is 63.8 Å². The van der Waals surface area contributed by atoms with Gasteiger partial charge in [0, 0.05) is 17.6 Å².